The molecule has 0 aliphatic rings. The maximum atomic E-state index is 13.3. The molecule has 1 aromatic heterocycles. The van der Waals surface area contributed by atoms with Crippen molar-refractivity contribution in [2.24, 2.45) is 0 Å². The zero-order valence-electron chi connectivity index (χ0n) is 9.67. The lowest BCUT2D eigenvalue weighted by Gasteiger charge is -2.09. The molecular weight excluding hydrogens is 241 g/mol. The van der Waals surface area contributed by atoms with Gasteiger partial charge in [-0.3, -0.25) is 4.98 Å². The minimum atomic E-state index is -1.20. The molecule has 0 radical (unpaired) electrons. The van der Waals surface area contributed by atoms with Crippen molar-refractivity contribution < 1.29 is 13.2 Å². The Hall–Kier alpha value is -2.04. The zero-order chi connectivity index (χ0) is 13.1. The fourth-order valence-corrected chi connectivity index (χ4v) is 1.53. The van der Waals surface area contributed by atoms with E-state index in [0.29, 0.717) is 12.6 Å². The highest BCUT2D eigenvalue weighted by atomic mass is 19.2. The smallest absolute Gasteiger partial charge is 0.161 e. The van der Waals surface area contributed by atoms with Gasteiger partial charge in [-0.25, -0.2) is 13.2 Å². The van der Waals surface area contributed by atoms with Gasteiger partial charge in [0.05, 0.1) is 5.69 Å². The van der Waals surface area contributed by atoms with Gasteiger partial charge < -0.3 is 5.32 Å². The molecule has 1 N–H and O–H groups in total. The molecule has 0 aliphatic heterocycles. The third kappa shape index (κ3) is 2.61. The summed E-state index contributed by atoms with van der Waals surface area (Å²) in [5, 5.41) is 2.72. The van der Waals surface area contributed by atoms with Crippen LogP contribution < -0.4 is 5.32 Å². The number of hydrogen-bond acceptors (Lipinski definition) is 2. The largest absolute Gasteiger partial charge is 0.378 e. The highest BCUT2D eigenvalue weighted by Gasteiger charge is 2.09. The van der Waals surface area contributed by atoms with Crippen LogP contribution in [0.5, 0.6) is 0 Å². The lowest BCUT2D eigenvalue weighted by molar-refractivity contribution is 0.496. The summed E-state index contributed by atoms with van der Waals surface area (Å²) in [4.78, 5) is 3.94. The Labute approximate surface area is 102 Å². The molecule has 2 rings (SSSR count). The number of aryl methyl sites for hydroxylation is 1. The summed E-state index contributed by atoms with van der Waals surface area (Å²) in [5.74, 6) is -3.10. The highest BCUT2D eigenvalue weighted by Crippen LogP contribution is 2.19. The summed E-state index contributed by atoms with van der Waals surface area (Å²) in [7, 11) is 0. The van der Waals surface area contributed by atoms with E-state index in [4.69, 9.17) is 0 Å². The molecule has 5 heteroatoms. The van der Waals surface area contributed by atoms with E-state index in [2.05, 4.69) is 10.3 Å². The van der Waals surface area contributed by atoms with E-state index in [1.165, 1.54) is 0 Å². The summed E-state index contributed by atoms with van der Waals surface area (Å²) in [6.45, 7) is 2.18. The van der Waals surface area contributed by atoms with E-state index in [1.54, 1.807) is 12.4 Å². The Balaban J connectivity index is 2.16. The first-order chi connectivity index (χ1) is 8.58. The van der Waals surface area contributed by atoms with Crippen LogP contribution in [0.15, 0.2) is 30.6 Å². The van der Waals surface area contributed by atoms with Gasteiger partial charge in [0.15, 0.2) is 11.6 Å². The van der Waals surface area contributed by atoms with E-state index in [0.717, 1.165) is 17.2 Å². The average molecular weight is 252 g/mol. The topological polar surface area (TPSA) is 24.9 Å². The average Bonchev–Trinajstić information content (AvgIpc) is 2.34. The SMILES string of the molecule is Cc1ccncc1CNc1cc(F)c(F)cc1F. The number of hydrogen-bond donors (Lipinski definition) is 1. The van der Waals surface area contributed by atoms with Crippen molar-refractivity contribution in [2.45, 2.75) is 13.5 Å². The van der Waals surface area contributed by atoms with E-state index in [1.807, 2.05) is 13.0 Å². The number of pyridine rings is 1. The number of nitrogens with zero attached hydrogens (tertiary/aromatic N) is 1. The number of nitrogens with one attached hydrogen (secondary N) is 1. The van der Waals surface area contributed by atoms with Gasteiger partial charge in [0.25, 0.3) is 0 Å². The normalized spacial score (nSPS) is 10.4. The van der Waals surface area contributed by atoms with Crippen molar-refractivity contribution in [3.63, 3.8) is 0 Å². The number of rotatable bonds is 3. The fourth-order valence-electron chi connectivity index (χ4n) is 1.53. The third-order valence-electron chi connectivity index (χ3n) is 2.63. The first-order valence-electron chi connectivity index (χ1n) is 5.36. The van der Waals surface area contributed by atoms with Crippen LogP contribution >= 0.6 is 0 Å². The van der Waals surface area contributed by atoms with Crippen LogP contribution in [0.4, 0.5) is 18.9 Å². The molecule has 94 valence electrons. The first kappa shape index (κ1) is 12.4. The van der Waals surface area contributed by atoms with Gasteiger partial charge in [0.1, 0.15) is 5.82 Å². The monoisotopic (exact) mass is 252 g/mol. The Morgan fingerprint density at radius 2 is 1.83 bits per heavy atom. The highest BCUT2D eigenvalue weighted by molar-refractivity contribution is 5.46. The lowest BCUT2D eigenvalue weighted by Crippen LogP contribution is -2.04. The number of benzene rings is 1. The lowest BCUT2D eigenvalue weighted by atomic mass is 10.1. The van der Waals surface area contributed by atoms with Crippen LogP contribution in [0.3, 0.4) is 0 Å². The Bertz CT molecular complexity index is 570. The molecule has 0 aliphatic carbocycles. The molecule has 18 heavy (non-hydrogen) atoms. The first-order valence-corrected chi connectivity index (χ1v) is 5.36. The van der Waals surface area contributed by atoms with Crippen molar-refractivity contribution in [2.75, 3.05) is 5.32 Å². The molecule has 0 saturated carbocycles. The minimum absolute atomic E-state index is 0.0721. The van der Waals surface area contributed by atoms with Crippen LogP contribution in [-0.4, -0.2) is 4.98 Å². The van der Waals surface area contributed by atoms with Crippen LogP contribution in [-0.2, 0) is 6.54 Å². The quantitative estimate of drug-likeness (QED) is 0.847. The maximum absolute atomic E-state index is 13.3. The van der Waals surface area contributed by atoms with Crippen LogP contribution in [0.25, 0.3) is 0 Å². The predicted molar refractivity (Wildman–Crippen MR) is 62.6 cm³/mol. The van der Waals surface area contributed by atoms with Gasteiger partial charge in [0, 0.05) is 31.1 Å². The molecule has 0 spiro atoms. The van der Waals surface area contributed by atoms with Gasteiger partial charge in [0.2, 0.25) is 0 Å². The van der Waals surface area contributed by atoms with Crippen LogP contribution in [0.1, 0.15) is 11.1 Å². The van der Waals surface area contributed by atoms with Gasteiger partial charge >= 0.3 is 0 Å². The summed E-state index contributed by atoms with van der Waals surface area (Å²) >= 11 is 0. The molecule has 0 saturated heterocycles. The van der Waals surface area contributed by atoms with E-state index in [9.17, 15) is 13.2 Å². The maximum Gasteiger partial charge on any atom is 0.161 e. The Morgan fingerprint density at radius 3 is 2.56 bits per heavy atom. The Morgan fingerprint density at radius 1 is 1.11 bits per heavy atom. The van der Waals surface area contributed by atoms with Crippen molar-refractivity contribution in [3.8, 4) is 0 Å². The second kappa shape index (κ2) is 5.08. The van der Waals surface area contributed by atoms with Crippen molar-refractivity contribution >= 4 is 5.69 Å². The molecule has 1 heterocycles. The molecule has 0 fully saturated rings. The van der Waals surface area contributed by atoms with Crippen molar-refractivity contribution in [1.29, 1.82) is 0 Å². The van der Waals surface area contributed by atoms with Gasteiger partial charge in [-0.1, -0.05) is 0 Å². The van der Waals surface area contributed by atoms with Gasteiger partial charge in [-0.05, 0) is 24.1 Å². The standard InChI is InChI=1S/C13H11F3N2/c1-8-2-3-17-6-9(8)7-18-13-5-11(15)10(14)4-12(13)16/h2-6,18H,7H2,1H3. The summed E-state index contributed by atoms with van der Waals surface area (Å²) < 4.78 is 39.1. The molecule has 2 nitrogen and oxygen atoms in total. The number of halogens is 3. The second-order valence-electron chi connectivity index (χ2n) is 3.90. The second-order valence-corrected chi connectivity index (χ2v) is 3.90. The summed E-state index contributed by atoms with van der Waals surface area (Å²) in [6, 6.07) is 3.14. The molecule has 0 bridgehead atoms. The van der Waals surface area contributed by atoms with E-state index >= 15 is 0 Å². The molecule has 0 amide bonds. The van der Waals surface area contributed by atoms with E-state index < -0.39 is 17.5 Å². The fraction of sp³-hybridized carbons (Fsp3) is 0.154. The number of aromatic nitrogens is 1. The number of anilines is 1. The molecule has 0 atom stereocenters. The zero-order valence-corrected chi connectivity index (χ0v) is 9.67. The molecule has 0 unspecified atom stereocenters. The van der Waals surface area contributed by atoms with Gasteiger partial charge in [-0.15, -0.1) is 0 Å². The molecule has 1 aromatic carbocycles. The van der Waals surface area contributed by atoms with E-state index in [-0.39, 0.29) is 5.69 Å². The molecular formula is C13H11F3N2. The molecule has 2 aromatic rings. The minimum Gasteiger partial charge on any atom is -0.378 e. The van der Waals surface area contributed by atoms with Crippen molar-refractivity contribution in [3.05, 3.63) is 59.2 Å². The summed E-state index contributed by atoms with van der Waals surface area (Å²) in [6.07, 6.45) is 3.29. The van der Waals surface area contributed by atoms with Gasteiger partial charge in [-0.2, -0.15) is 0 Å². The predicted octanol–water partition coefficient (Wildman–Crippen LogP) is 3.42. The van der Waals surface area contributed by atoms with Crippen LogP contribution in [0.2, 0.25) is 0 Å². The Kier molecular flexibility index (Phi) is 3.50. The third-order valence-corrected chi connectivity index (χ3v) is 2.63. The summed E-state index contributed by atoms with van der Waals surface area (Å²) in [5.41, 5.74) is 1.78. The van der Waals surface area contributed by atoms with Crippen LogP contribution in [0, 0.1) is 24.4 Å². The van der Waals surface area contributed by atoms with Crippen molar-refractivity contribution in [1.82, 2.24) is 4.98 Å².